The first-order valence-electron chi connectivity index (χ1n) is 10.3. The van der Waals surface area contributed by atoms with Crippen LogP contribution in [0.3, 0.4) is 0 Å². The van der Waals surface area contributed by atoms with Gasteiger partial charge in [-0.3, -0.25) is 0 Å². The molecule has 150 valence electrons. The van der Waals surface area contributed by atoms with Gasteiger partial charge in [-0.15, -0.1) is 0 Å². The number of hydrogen-bond acceptors (Lipinski definition) is 2. The van der Waals surface area contributed by atoms with Crippen LogP contribution in [0.25, 0.3) is 27.5 Å². The average Bonchev–Trinajstić information content (AvgIpc) is 3.03. The van der Waals surface area contributed by atoms with Crippen LogP contribution in [0.2, 0.25) is 0 Å². The molecule has 0 aliphatic heterocycles. The van der Waals surface area contributed by atoms with Crippen LogP contribution in [0.1, 0.15) is 45.2 Å². The molecule has 0 aliphatic carbocycles. The molecule has 1 aromatic heterocycles. The largest absolute Gasteiger partial charge is 0.505 e. The lowest BCUT2D eigenvalue weighted by molar-refractivity contribution is 0.467. The van der Waals surface area contributed by atoms with E-state index < -0.39 is 0 Å². The molecule has 1 heterocycles. The van der Waals surface area contributed by atoms with E-state index in [9.17, 15) is 5.11 Å². The van der Waals surface area contributed by atoms with Crippen molar-refractivity contribution in [3.63, 3.8) is 0 Å². The fraction of sp³-hybridized carbons (Fsp3) is 0.308. The van der Waals surface area contributed by atoms with E-state index in [-0.39, 0.29) is 5.41 Å². The van der Waals surface area contributed by atoms with Crippen molar-refractivity contribution < 1.29 is 5.11 Å². The van der Waals surface area contributed by atoms with Gasteiger partial charge < -0.3 is 9.67 Å². The number of thioether (sulfide) groups is 1. The quantitative estimate of drug-likeness (QED) is 0.350. The number of fused-ring (bicyclic) bond motifs is 3. The number of benzene rings is 3. The Morgan fingerprint density at radius 3 is 2.03 bits per heavy atom. The molecule has 0 amide bonds. The molecule has 0 atom stereocenters. The first kappa shape index (κ1) is 19.9. The van der Waals surface area contributed by atoms with E-state index in [1.165, 1.54) is 16.3 Å². The van der Waals surface area contributed by atoms with Crippen molar-refractivity contribution in [2.45, 2.75) is 45.3 Å². The van der Waals surface area contributed by atoms with Crippen molar-refractivity contribution in [1.82, 2.24) is 4.57 Å². The molecule has 3 aromatic carbocycles. The highest BCUT2D eigenvalue weighted by Gasteiger charge is 2.21. The van der Waals surface area contributed by atoms with Gasteiger partial charge in [-0.05, 0) is 41.4 Å². The third-order valence-electron chi connectivity index (χ3n) is 5.46. The van der Waals surface area contributed by atoms with Crippen LogP contribution in [0.5, 0.6) is 5.75 Å². The number of aromatic hydroxyl groups is 1. The average molecular weight is 404 g/mol. The lowest BCUT2D eigenvalue weighted by atomic mass is 9.85. The van der Waals surface area contributed by atoms with Crippen LogP contribution in [0.15, 0.2) is 60.7 Å². The maximum atomic E-state index is 11.3. The first-order valence-corrected chi connectivity index (χ1v) is 11.5. The zero-order chi connectivity index (χ0) is 20.6. The molecule has 0 saturated heterocycles. The molecule has 4 aromatic rings. The monoisotopic (exact) mass is 403 g/mol. The Bertz CT molecular complexity index is 1110. The number of phenols is 1. The van der Waals surface area contributed by atoms with Crippen molar-refractivity contribution in [2.75, 3.05) is 5.75 Å². The van der Waals surface area contributed by atoms with E-state index in [0.717, 1.165) is 40.2 Å². The molecule has 3 heteroatoms. The minimum atomic E-state index is 0.00534. The summed E-state index contributed by atoms with van der Waals surface area (Å²) in [6, 6.07) is 21.3. The zero-order valence-electron chi connectivity index (χ0n) is 17.7. The van der Waals surface area contributed by atoms with Crippen molar-refractivity contribution in [2.24, 2.45) is 0 Å². The summed E-state index contributed by atoms with van der Waals surface area (Å²) in [5, 5.41) is 13.8. The molecule has 0 fully saturated rings. The van der Waals surface area contributed by atoms with E-state index in [2.05, 4.69) is 92.9 Å². The fourth-order valence-electron chi connectivity index (χ4n) is 3.90. The Morgan fingerprint density at radius 2 is 1.48 bits per heavy atom. The summed E-state index contributed by atoms with van der Waals surface area (Å²) in [5.74, 6) is 2.32. The van der Waals surface area contributed by atoms with E-state index in [1.807, 2.05) is 11.8 Å². The summed E-state index contributed by atoms with van der Waals surface area (Å²) in [6.45, 7) is 8.90. The van der Waals surface area contributed by atoms with Crippen LogP contribution < -0.4 is 0 Å². The van der Waals surface area contributed by atoms with Gasteiger partial charge in [0.2, 0.25) is 0 Å². The van der Waals surface area contributed by atoms with Gasteiger partial charge in [0.1, 0.15) is 5.75 Å². The maximum Gasteiger partial charge on any atom is 0.143 e. The minimum absolute atomic E-state index is 0.00534. The smallest absolute Gasteiger partial charge is 0.143 e. The van der Waals surface area contributed by atoms with E-state index in [1.54, 1.807) is 0 Å². The molecular weight excluding hydrogens is 374 g/mol. The molecule has 0 spiro atoms. The second-order valence-electron chi connectivity index (χ2n) is 8.68. The molecule has 0 aliphatic rings. The summed E-state index contributed by atoms with van der Waals surface area (Å²) in [6.07, 6.45) is 1.14. The Kier molecular flexibility index (Phi) is 5.35. The summed E-state index contributed by atoms with van der Waals surface area (Å²) in [5.41, 5.74) is 5.41. The van der Waals surface area contributed by atoms with Gasteiger partial charge in [-0.2, -0.15) is 11.8 Å². The number of nitrogens with zero attached hydrogens (tertiary/aromatic N) is 1. The van der Waals surface area contributed by atoms with Crippen molar-refractivity contribution in [3.8, 4) is 11.4 Å². The lowest BCUT2D eigenvalue weighted by Crippen LogP contribution is -2.13. The van der Waals surface area contributed by atoms with E-state index in [0.29, 0.717) is 5.75 Å². The Morgan fingerprint density at radius 1 is 0.897 bits per heavy atom. The molecule has 0 unspecified atom stereocenters. The number of phenolic OH excluding ortho intramolecular Hbond substituents is 1. The van der Waals surface area contributed by atoms with Gasteiger partial charge in [0.25, 0.3) is 0 Å². The van der Waals surface area contributed by atoms with Crippen molar-refractivity contribution in [1.29, 1.82) is 0 Å². The van der Waals surface area contributed by atoms with Crippen molar-refractivity contribution >= 4 is 33.6 Å². The molecule has 0 bridgehead atoms. The minimum Gasteiger partial charge on any atom is -0.505 e. The highest BCUT2D eigenvalue weighted by atomic mass is 32.2. The Labute approximate surface area is 177 Å². The normalized spacial score (nSPS) is 12.1. The van der Waals surface area contributed by atoms with Crippen LogP contribution in [0, 0.1) is 0 Å². The Balaban J connectivity index is 2.02. The molecule has 0 saturated carbocycles. The van der Waals surface area contributed by atoms with Crippen LogP contribution in [-0.4, -0.2) is 15.4 Å². The van der Waals surface area contributed by atoms with Gasteiger partial charge >= 0.3 is 0 Å². The number of rotatable bonds is 5. The zero-order valence-corrected chi connectivity index (χ0v) is 18.5. The summed E-state index contributed by atoms with van der Waals surface area (Å²) in [4.78, 5) is 0. The highest BCUT2D eigenvalue weighted by molar-refractivity contribution is 7.98. The van der Waals surface area contributed by atoms with E-state index >= 15 is 0 Å². The van der Waals surface area contributed by atoms with Gasteiger partial charge in [-0.1, -0.05) is 70.2 Å². The number of hydrogen-bond donors (Lipinski definition) is 1. The molecule has 4 rings (SSSR count). The number of aromatic nitrogens is 1. The van der Waals surface area contributed by atoms with Crippen LogP contribution >= 0.6 is 11.8 Å². The van der Waals surface area contributed by atoms with Gasteiger partial charge in [-0.25, -0.2) is 0 Å². The SMILES string of the molecule is CCCSCc1cc(C(C)(C)C)cc(-n2c3ccccc3c3ccccc32)c1O. The third-order valence-corrected chi connectivity index (χ3v) is 6.67. The van der Waals surface area contributed by atoms with Crippen LogP contribution in [-0.2, 0) is 11.2 Å². The Hall–Kier alpha value is -2.39. The summed E-state index contributed by atoms with van der Waals surface area (Å²) < 4.78 is 2.23. The lowest BCUT2D eigenvalue weighted by Gasteiger charge is -2.23. The first-order chi connectivity index (χ1) is 13.9. The molecule has 0 radical (unpaired) electrons. The molecule has 29 heavy (non-hydrogen) atoms. The maximum absolute atomic E-state index is 11.3. The van der Waals surface area contributed by atoms with Crippen molar-refractivity contribution in [3.05, 3.63) is 71.8 Å². The molecule has 1 N–H and O–H groups in total. The number of para-hydroxylation sites is 2. The second kappa shape index (κ2) is 7.79. The topological polar surface area (TPSA) is 25.2 Å². The molecule has 2 nitrogen and oxygen atoms in total. The fourth-order valence-corrected chi connectivity index (χ4v) is 4.77. The standard InChI is InChI=1S/C26H29NOS/c1-5-14-29-17-18-15-19(26(2,3)4)16-24(25(18)28)27-22-12-8-6-10-20(22)21-11-7-9-13-23(21)27/h6-13,15-16,28H,5,14,17H2,1-4H3. The predicted octanol–water partition coefficient (Wildman–Crippen LogP) is 7.43. The van der Waals surface area contributed by atoms with E-state index in [4.69, 9.17) is 0 Å². The van der Waals surface area contributed by atoms with Gasteiger partial charge in [0.05, 0.1) is 16.7 Å². The third kappa shape index (κ3) is 3.64. The van der Waals surface area contributed by atoms with Gasteiger partial charge in [0.15, 0.2) is 0 Å². The summed E-state index contributed by atoms with van der Waals surface area (Å²) in [7, 11) is 0. The predicted molar refractivity (Wildman–Crippen MR) is 128 cm³/mol. The van der Waals surface area contributed by atoms with Gasteiger partial charge in [0, 0.05) is 22.1 Å². The highest BCUT2D eigenvalue weighted by Crippen LogP contribution is 2.39. The molecular formula is C26H29NOS. The van der Waals surface area contributed by atoms with Crippen LogP contribution in [0.4, 0.5) is 0 Å². The second-order valence-corrected chi connectivity index (χ2v) is 9.78. The summed E-state index contributed by atoms with van der Waals surface area (Å²) >= 11 is 1.88.